The number of hydrogen-bond acceptors (Lipinski definition) is 4. The first-order valence-corrected chi connectivity index (χ1v) is 5.04. The summed E-state index contributed by atoms with van der Waals surface area (Å²) in [6, 6.07) is 0. The minimum atomic E-state index is -0.994. The van der Waals surface area contributed by atoms with Crippen LogP contribution in [-0.4, -0.2) is 27.6 Å². The van der Waals surface area contributed by atoms with Gasteiger partial charge in [0.1, 0.15) is 17.7 Å². The van der Waals surface area contributed by atoms with Crippen LogP contribution in [0.25, 0.3) is 0 Å². The highest BCUT2D eigenvalue weighted by Gasteiger charge is 2.18. The van der Waals surface area contributed by atoms with Crippen LogP contribution in [0, 0.1) is 5.92 Å². The molecule has 0 spiro atoms. The number of carboxylic acid groups (broad SMARTS) is 1. The van der Waals surface area contributed by atoms with Crippen LogP contribution in [0.15, 0.2) is 12.5 Å². The summed E-state index contributed by atoms with van der Waals surface area (Å²) in [6.07, 6.45) is 6.40. The Kier molecular flexibility index (Phi) is 2.80. The minimum Gasteiger partial charge on any atom is -0.477 e. The summed E-state index contributed by atoms with van der Waals surface area (Å²) in [6.45, 7) is 0.803. The zero-order valence-electron chi connectivity index (χ0n) is 8.31. The molecule has 2 N–H and O–H groups in total. The lowest BCUT2D eigenvalue weighted by atomic mass is 9.85. The van der Waals surface area contributed by atoms with Gasteiger partial charge in [0.05, 0.1) is 0 Å². The average molecular weight is 207 g/mol. The summed E-state index contributed by atoms with van der Waals surface area (Å²) in [5.41, 5.74) is 0.136. The van der Waals surface area contributed by atoms with Crippen LogP contribution in [0.3, 0.4) is 0 Å². The van der Waals surface area contributed by atoms with Gasteiger partial charge in [0.15, 0.2) is 0 Å². The maximum Gasteiger partial charge on any atom is 0.341 e. The Labute approximate surface area is 87.6 Å². The second kappa shape index (κ2) is 4.25. The van der Waals surface area contributed by atoms with Gasteiger partial charge in [-0.25, -0.2) is 14.8 Å². The van der Waals surface area contributed by atoms with E-state index in [1.54, 1.807) is 0 Å². The van der Waals surface area contributed by atoms with E-state index in [4.69, 9.17) is 5.11 Å². The van der Waals surface area contributed by atoms with Gasteiger partial charge in [0, 0.05) is 12.7 Å². The second-order valence-electron chi connectivity index (χ2n) is 3.77. The molecule has 0 radical (unpaired) electrons. The molecule has 1 aliphatic rings. The zero-order valence-corrected chi connectivity index (χ0v) is 8.31. The lowest BCUT2D eigenvalue weighted by Crippen LogP contribution is -2.22. The highest BCUT2D eigenvalue weighted by Crippen LogP contribution is 2.26. The number of anilines is 1. The molecular weight excluding hydrogens is 194 g/mol. The molecule has 1 aromatic rings. The third-order valence-electron chi connectivity index (χ3n) is 2.73. The molecule has 0 amide bonds. The van der Waals surface area contributed by atoms with E-state index in [1.165, 1.54) is 31.8 Å². The average Bonchev–Trinajstić information content (AvgIpc) is 2.16. The van der Waals surface area contributed by atoms with E-state index in [0.29, 0.717) is 11.7 Å². The van der Waals surface area contributed by atoms with Crippen LogP contribution < -0.4 is 5.32 Å². The predicted molar refractivity (Wildman–Crippen MR) is 54.8 cm³/mol. The SMILES string of the molecule is O=C(O)c1cncnc1NCC1CCC1. The first-order chi connectivity index (χ1) is 7.27. The molecule has 0 bridgehead atoms. The Morgan fingerprint density at radius 1 is 1.60 bits per heavy atom. The van der Waals surface area contributed by atoms with Crippen molar-refractivity contribution in [2.75, 3.05) is 11.9 Å². The summed E-state index contributed by atoms with van der Waals surface area (Å²) >= 11 is 0. The number of nitrogens with zero attached hydrogens (tertiary/aromatic N) is 2. The largest absolute Gasteiger partial charge is 0.477 e. The summed E-state index contributed by atoms with van der Waals surface area (Å²) in [4.78, 5) is 18.5. The summed E-state index contributed by atoms with van der Waals surface area (Å²) in [5.74, 6) is 0.0951. The maximum absolute atomic E-state index is 10.8. The number of aromatic nitrogens is 2. The van der Waals surface area contributed by atoms with Gasteiger partial charge in [-0.1, -0.05) is 6.42 Å². The van der Waals surface area contributed by atoms with Gasteiger partial charge in [-0.2, -0.15) is 0 Å². The van der Waals surface area contributed by atoms with Crippen molar-refractivity contribution < 1.29 is 9.90 Å². The summed E-state index contributed by atoms with van der Waals surface area (Å²) in [7, 11) is 0. The predicted octanol–water partition coefficient (Wildman–Crippen LogP) is 1.39. The number of aromatic carboxylic acids is 1. The number of carboxylic acids is 1. The third kappa shape index (κ3) is 2.23. The molecule has 1 aromatic heterocycles. The van der Waals surface area contributed by atoms with Gasteiger partial charge >= 0.3 is 5.97 Å². The van der Waals surface area contributed by atoms with Crippen molar-refractivity contribution in [3.8, 4) is 0 Å². The van der Waals surface area contributed by atoms with Crippen molar-refractivity contribution in [3.05, 3.63) is 18.1 Å². The Hall–Kier alpha value is -1.65. The van der Waals surface area contributed by atoms with Crippen LogP contribution in [0.5, 0.6) is 0 Å². The van der Waals surface area contributed by atoms with Crippen molar-refractivity contribution >= 4 is 11.8 Å². The lowest BCUT2D eigenvalue weighted by molar-refractivity contribution is 0.0697. The number of nitrogens with one attached hydrogen (secondary N) is 1. The fourth-order valence-electron chi connectivity index (χ4n) is 1.56. The monoisotopic (exact) mass is 207 g/mol. The molecule has 15 heavy (non-hydrogen) atoms. The molecule has 0 aromatic carbocycles. The first-order valence-electron chi connectivity index (χ1n) is 5.04. The van der Waals surface area contributed by atoms with Crippen LogP contribution in [0.1, 0.15) is 29.6 Å². The van der Waals surface area contributed by atoms with Gasteiger partial charge in [-0.15, -0.1) is 0 Å². The van der Waals surface area contributed by atoms with Gasteiger partial charge in [0.2, 0.25) is 0 Å². The van der Waals surface area contributed by atoms with Crippen molar-refractivity contribution in [2.45, 2.75) is 19.3 Å². The van der Waals surface area contributed by atoms with E-state index in [2.05, 4.69) is 15.3 Å². The quantitative estimate of drug-likeness (QED) is 0.780. The molecule has 5 nitrogen and oxygen atoms in total. The Balaban J connectivity index is 2.02. The molecule has 1 saturated carbocycles. The minimum absolute atomic E-state index is 0.136. The molecule has 1 aliphatic carbocycles. The molecule has 80 valence electrons. The molecule has 1 heterocycles. The second-order valence-corrected chi connectivity index (χ2v) is 3.77. The van der Waals surface area contributed by atoms with E-state index in [0.717, 1.165) is 6.54 Å². The number of hydrogen-bond donors (Lipinski definition) is 2. The number of rotatable bonds is 4. The number of carbonyl (C=O) groups is 1. The first kappa shape index (κ1) is 9.89. The van der Waals surface area contributed by atoms with Crippen molar-refractivity contribution in [3.63, 3.8) is 0 Å². The Morgan fingerprint density at radius 2 is 2.40 bits per heavy atom. The van der Waals surface area contributed by atoms with Crippen molar-refractivity contribution in [1.82, 2.24) is 9.97 Å². The molecule has 0 atom stereocenters. The standard InChI is InChI=1S/C10H13N3O2/c14-10(15)8-5-11-6-13-9(8)12-4-7-2-1-3-7/h5-7H,1-4H2,(H,14,15)(H,11,12,13). The molecule has 5 heteroatoms. The van der Waals surface area contributed by atoms with E-state index in [-0.39, 0.29) is 5.56 Å². The molecule has 1 fully saturated rings. The lowest BCUT2D eigenvalue weighted by Gasteiger charge is -2.25. The van der Waals surface area contributed by atoms with Crippen LogP contribution in [0.4, 0.5) is 5.82 Å². The molecule has 0 saturated heterocycles. The normalized spacial score (nSPS) is 15.7. The molecule has 0 unspecified atom stereocenters. The van der Waals surface area contributed by atoms with Crippen molar-refractivity contribution in [1.29, 1.82) is 0 Å². The van der Waals surface area contributed by atoms with Gasteiger partial charge in [-0.05, 0) is 18.8 Å². The van der Waals surface area contributed by atoms with Crippen LogP contribution in [-0.2, 0) is 0 Å². The Morgan fingerprint density at radius 3 is 3.00 bits per heavy atom. The summed E-state index contributed by atoms with van der Waals surface area (Å²) < 4.78 is 0. The van der Waals surface area contributed by atoms with Crippen molar-refractivity contribution in [2.24, 2.45) is 5.92 Å². The van der Waals surface area contributed by atoms with Gasteiger partial charge in [0.25, 0.3) is 0 Å². The van der Waals surface area contributed by atoms with E-state index < -0.39 is 5.97 Å². The summed E-state index contributed by atoms with van der Waals surface area (Å²) in [5, 5.41) is 11.9. The van der Waals surface area contributed by atoms with Gasteiger partial charge < -0.3 is 10.4 Å². The fraction of sp³-hybridized carbons (Fsp3) is 0.500. The molecule has 0 aliphatic heterocycles. The molecular formula is C10H13N3O2. The Bertz CT molecular complexity index is 363. The topological polar surface area (TPSA) is 75.1 Å². The smallest absolute Gasteiger partial charge is 0.341 e. The third-order valence-corrected chi connectivity index (χ3v) is 2.73. The highest BCUT2D eigenvalue weighted by molar-refractivity contribution is 5.92. The van der Waals surface area contributed by atoms with Gasteiger partial charge in [-0.3, -0.25) is 0 Å². The van der Waals surface area contributed by atoms with Crippen LogP contribution in [0.2, 0.25) is 0 Å². The highest BCUT2D eigenvalue weighted by atomic mass is 16.4. The zero-order chi connectivity index (χ0) is 10.7. The van der Waals surface area contributed by atoms with E-state index in [9.17, 15) is 4.79 Å². The molecule has 2 rings (SSSR count). The maximum atomic E-state index is 10.8. The van der Waals surface area contributed by atoms with E-state index >= 15 is 0 Å². The van der Waals surface area contributed by atoms with Crippen LogP contribution >= 0.6 is 0 Å². The van der Waals surface area contributed by atoms with E-state index in [1.807, 2.05) is 0 Å². The fourth-order valence-corrected chi connectivity index (χ4v) is 1.56.